The maximum atomic E-state index is 13.1. The summed E-state index contributed by atoms with van der Waals surface area (Å²) in [5, 5.41) is 2.79. The molecule has 6 nitrogen and oxygen atoms in total. The van der Waals surface area contributed by atoms with Crippen LogP contribution in [-0.4, -0.2) is 25.0 Å². The molecule has 0 bridgehead atoms. The fourth-order valence-corrected chi connectivity index (χ4v) is 3.38. The standard InChI is InChI=1S/C24H22N2O4/c1-3-26-19-9-5-7-11-22(19)30-21-13-12-17(14-18(21)24(26)28)25-23(27)15-29-20-10-6-4-8-16(20)2/h4-14H,3,15H2,1-2H3,(H,25,27). The Morgan fingerprint density at radius 2 is 1.80 bits per heavy atom. The molecule has 3 aromatic rings. The van der Waals surface area contributed by atoms with E-state index in [1.54, 1.807) is 23.1 Å². The van der Waals surface area contributed by atoms with Crippen molar-refractivity contribution in [1.82, 2.24) is 0 Å². The van der Waals surface area contributed by atoms with Crippen LogP contribution in [0, 0.1) is 6.92 Å². The molecule has 6 heteroatoms. The van der Waals surface area contributed by atoms with E-state index in [2.05, 4.69) is 5.32 Å². The summed E-state index contributed by atoms with van der Waals surface area (Å²) in [6.07, 6.45) is 0. The predicted molar refractivity (Wildman–Crippen MR) is 116 cm³/mol. The third-order valence-corrected chi connectivity index (χ3v) is 4.88. The van der Waals surface area contributed by atoms with Crippen molar-refractivity contribution in [3.63, 3.8) is 0 Å². The van der Waals surface area contributed by atoms with Crippen LogP contribution in [0.5, 0.6) is 17.2 Å². The Kier molecular flexibility index (Phi) is 5.39. The molecule has 0 aliphatic carbocycles. The molecule has 30 heavy (non-hydrogen) atoms. The van der Waals surface area contributed by atoms with Gasteiger partial charge < -0.3 is 19.7 Å². The lowest BCUT2D eigenvalue weighted by atomic mass is 10.1. The van der Waals surface area contributed by atoms with Crippen molar-refractivity contribution >= 4 is 23.2 Å². The van der Waals surface area contributed by atoms with E-state index < -0.39 is 0 Å². The van der Waals surface area contributed by atoms with Gasteiger partial charge in [0.1, 0.15) is 11.5 Å². The highest BCUT2D eigenvalue weighted by Crippen LogP contribution is 2.39. The van der Waals surface area contributed by atoms with Crippen molar-refractivity contribution in [2.45, 2.75) is 13.8 Å². The number of hydrogen-bond acceptors (Lipinski definition) is 4. The van der Waals surface area contributed by atoms with E-state index in [4.69, 9.17) is 9.47 Å². The highest BCUT2D eigenvalue weighted by atomic mass is 16.5. The number of carbonyl (C=O) groups excluding carboxylic acids is 2. The molecule has 0 radical (unpaired) electrons. The molecule has 0 saturated carbocycles. The summed E-state index contributed by atoms with van der Waals surface area (Å²) < 4.78 is 11.6. The van der Waals surface area contributed by atoms with Crippen LogP contribution in [0.15, 0.2) is 66.7 Å². The normalized spacial score (nSPS) is 12.3. The molecule has 0 aromatic heterocycles. The molecule has 1 aliphatic rings. The van der Waals surface area contributed by atoms with Crippen molar-refractivity contribution in [3.8, 4) is 17.2 Å². The summed E-state index contributed by atoms with van der Waals surface area (Å²) in [5.41, 5.74) is 2.58. The number of para-hydroxylation sites is 3. The first-order valence-electron chi connectivity index (χ1n) is 9.78. The number of fused-ring (bicyclic) bond motifs is 2. The highest BCUT2D eigenvalue weighted by Gasteiger charge is 2.27. The Hall–Kier alpha value is -3.80. The Morgan fingerprint density at radius 3 is 2.60 bits per heavy atom. The Bertz CT molecular complexity index is 1110. The van der Waals surface area contributed by atoms with Crippen LogP contribution in [0.4, 0.5) is 11.4 Å². The SMILES string of the molecule is CCN1C(=O)c2cc(NC(=O)COc3ccccc3C)ccc2Oc2ccccc21. The van der Waals surface area contributed by atoms with E-state index in [1.807, 2.05) is 62.4 Å². The highest BCUT2D eigenvalue weighted by molar-refractivity contribution is 6.10. The number of ether oxygens (including phenoxy) is 2. The fraction of sp³-hybridized carbons (Fsp3) is 0.167. The average Bonchev–Trinajstić information content (AvgIpc) is 2.87. The third-order valence-electron chi connectivity index (χ3n) is 4.88. The topological polar surface area (TPSA) is 67.9 Å². The van der Waals surface area contributed by atoms with Gasteiger partial charge >= 0.3 is 0 Å². The number of aryl methyl sites for hydroxylation is 1. The van der Waals surface area contributed by atoms with Crippen molar-refractivity contribution in [1.29, 1.82) is 0 Å². The van der Waals surface area contributed by atoms with Crippen molar-refractivity contribution in [2.75, 3.05) is 23.4 Å². The van der Waals surface area contributed by atoms with E-state index in [1.165, 1.54) is 0 Å². The zero-order valence-corrected chi connectivity index (χ0v) is 16.8. The minimum Gasteiger partial charge on any atom is -0.483 e. The van der Waals surface area contributed by atoms with E-state index >= 15 is 0 Å². The van der Waals surface area contributed by atoms with Crippen molar-refractivity contribution in [2.24, 2.45) is 0 Å². The van der Waals surface area contributed by atoms with Gasteiger partial charge in [-0.1, -0.05) is 30.3 Å². The Labute approximate surface area is 175 Å². The first-order valence-corrected chi connectivity index (χ1v) is 9.78. The van der Waals surface area contributed by atoms with Gasteiger partial charge in [-0.2, -0.15) is 0 Å². The second kappa shape index (κ2) is 8.29. The van der Waals surface area contributed by atoms with Crippen LogP contribution in [0.1, 0.15) is 22.8 Å². The van der Waals surface area contributed by atoms with Gasteiger partial charge in [0.25, 0.3) is 11.8 Å². The quantitative estimate of drug-likeness (QED) is 0.667. The number of rotatable bonds is 5. The van der Waals surface area contributed by atoms with Gasteiger partial charge in [0.2, 0.25) is 0 Å². The average molecular weight is 402 g/mol. The molecule has 152 valence electrons. The van der Waals surface area contributed by atoms with Crippen molar-refractivity contribution in [3.05, 3.63) is 77.9 Å². The van der Waals surface area contributed by atoms with Gasteiger partial charge in [-0.05, 0) is 55.8 Å². The molecule has 1 N–H and O–H groups in total. The zero-order chi connectivity index (χ0) is 21.1. The van der Waals surface area contributed by atoms with Crippen molar-refractivity contribution < 1.29 is 19.1 Å². The monoisotopic (exact) mass is 402 g/mol. The van der Waals surface area contributed by atoms with Gasteiger partial charge in [0.05, 0.1) is 11.3 Å². The number of hydrogen-bond donors (Lipinski definition) is 1. The molecule has 3 aromatic carbocycles. The van der Waals surface area contributed by atoms with Crippen LogP contribution < -0.4 is 19.7 Å². The molecule has 1 aliphatic heterocycles. The fourth-order valence-electron chi connectivity index (χ4n) is 3.38. The molecule has 0 saturated heterocycles. The van der Waals surface area contributed by atoms with Crippen LogP contribution in [-0.2, 0) is 4.79 Å². The lowest BCUT2D eigenvalue weighted by molar-refractivity contribution is -0.118. The van der Waals surface area contributed by atoms with E-state index in [0.717, 1.165) is 11.3 Å². The van der Waals surface area contributed by atoms with Crippen LogP contribution >= 0.6 is 0 Å². The number of amides is 2. The van der Waals surface area contributed by atoms with Gasteiger partial charge in [-0.3, -0.25) is 9.59 Å². The number of carbonyl (C=O) groups is 2. The minimum absolute atomic E-state index is 0.126. The van der Waals surface area contributed by atoms with Crippen LogP contribution in [0.3, 0.4) is 0 Å². The summed E-state index contributed by atoms with van der Waals surface area (Å²) in [7, 11) is 0. The number of nitrogens with one attached hydrogen (secondary N) is 1. The molecule has 0 spiro atoms. The molecular formula is C24H22N2O4. The lowest BCUT2D eigenvalue weighted by Gasteiger charge is -2.19. The van der Waals surface area contributed by atoms with Crippen LogP contribution in [0.25, 0.3) is 0 Å². The summed E-state index contributed by atoms with van der Waals surface area (Å²) in [5.74, 6) is 1.25. The first-order chi connectivity index (χ1) is 14.6. The summed E-state index contributed by atoms with van der Waals surface area (Å²) in [6, 6.07) is 20.0. The predicted octanol–water partition coefficient (Wildman–Crippen LogP) is 4.78. The molecular weight excluding hydrogens is 380 g/mol. The third kappa shape index (κ3) is 3.85. The molecule has 0 unspecified atom stereocenters. The molecule has 0 fully saturated rings. The summed E-state index contributed by atoms with van der Waals surface area (Å²) in [6.45, 7) is 4.20. The maximum absolute atomic E-state index is 13.1. The molecule has 4 rings (SSSR count). The van der Waals surface area contributed by atoms with Gasteiger partial charge in [0, 0.05) is 12.2 Å². The zero-order valence-electron chi connectivity index (χ0n) is 16.8. The smallest absolute Gasteiger partial charge is 0.262 e. The second-order valence-corrected chi connectivity index (χ2v) is 6.93. The molecule has 1 heterocycles. The molecule has 0 atom stereocenters. The van der Waals surface area contributed by atoms with Gasteiger partial charge in [0.15, 0.2) is 12.4 Å². The Balaban J connectivity index is 1.53. The Morgan fingerprint density at radius 1 is 1.03 bits per heavy atom. The van der Waals surface area contributed by atoms with Gasteiger partial charge in [-0.25, -0.2) is 0 Å². The minimum atomic E-state index is -0.309. The second-order valence-electron chi connectivity index (χ2n) is 6.93. The first kappa shape index (κ1) is 19.5. The van der Waals surface area contributed by atoms with E-state index in [0.29, 0.717) is 35.0 Å². The largest absolute Gasteiger partial charge is 0.483 e. The van der Waals surface area contributed by atoms with E-state index in [-0.39, 0.29) is 18.4 Å². The maximum Gasteiger partial charge on any atom is 0.262 e. The lowest BCUT2D eigenvalue weighted by Crippen LogP contribution is -2.30. The molecule has 2 amide bonds. The summed E-state index contributed by atoms with van der Waals surface area (Å²) in [4.78, 5) is 27.1. The van der Waals surface area contributed by atoms with Crippen LogP contribution in [0.2, 0.25) is 0 Å². The number of benzene rings is 3. The summed E-state index contributed by atoms with van der Waals surface area (Å²) >= 11 is 0. The number of nitrogens with zero attached hydrogens (tertiary/aromatic N) is 1. The van der Waals surface area contributed by atoms with Gasteiger partial charge in [-0.15, -0.1) is 0 Å². The number of anilines is 2. The van der Waals surface area contributed by atoms with E-state index in [9.17, 15) is 9.59 Å².